The van der Waals surface area contributed by atoms with Crippen LogP contribution in [0, 0.1) is 0 Å². The molecular formula is C10H9NO. The number of aliphatic imine (C=N–C) groups is 1. The summed E-state index contributed by atoms with van der Waals surface area (Å²) in [6, 6.07) is 7.57. The molecule has 0 unspecified atom stereocenters. The Bertz CT molecular complexity index is 366. The van der Waals surface area contributed by atoms with Crippen LogP contribution in [-0.4, -0.2) is 11.6 Å². The molecule has 2 rings (SSSR count). The Labute approximate surface area is 70.9 Å². The third-order valence-electron chi connectivity index (χ3n) is 2.04. The molecule has 0 radical (unpaired) electrons. The van der Waals surface area contributed by atoms with E-state index in [1.165, 1.54) is 0 Å². The zero-order chi connectivity index (χ0) is 8.55. The smallest absolute Gasteiger partial charge is 0.267 e. The van der Waals surface area contributed by atoms with Crippen LogP contribution in [-0.2, 0) is 0 Å². The van der Waals surface area contributed by atoms with Gasteiger partial charge in [0.25, 0.3) is 5.91 Å². The van der Waals surface area contributed by atoms with Crippen molar-refractivity contribution in [3.05, 3.63) is 35.4 Å². The van der Waals surface area contributed by atoms with Gasteiger partial charge in [-0.3, -0.25) is 4.79 Å². The van der Waals surface area contributed by atoms with E-state index in [9.17, 15) is 4.79 Å². The lowest BCUT2D eigenvalue weighted by atomic mass is 10.0. The van der Waals surface area contributed by atoms with Crippen LogP contribution in [0.25, 0.3) is 0 Å². The van der Waals surface area contributed by atoms with Crippen LogP contribution in [0.2, 0.25) is 0 Å². The monoisotopic (exact) mass is 159 g/mol. The number of fused-ring (bicyclic) bond motifs is 1. The number of amides is 1. The van der Waals surface area contributed by atoms with Crippen LogP contribution < -0.4 is 0 Å². The summed E-state index contributed by atoms with van der Waals surface area (Å²) in [5, 5.41) is 0. The maximum atomic E-state index is 11.2. The molecule has 1 heterocycles. The second-order valence-electron chi connectivity index (χ2n) is 2.76. The van der Waals surface area contributed by atoms with Gasteiger partial charge < -0.3 is 0 Å². The fourth-order valence-corrected chi connectivity index (χ4v) is 1.43. The zero-order valence-corrected chi connectivity index (χ0v) is 6.87. The van der Waals surface area contributed by atoms with E-state index in [2.05, 4.69) is 4.99 Å². The molecule has 1 amide bonds. The Morgan fingerprint density at radius 1 is 1.25 bits per heavy atom. The van der Waals surface area contributed by atoms with Crippen molar-refractivity contribution in [2.45, 2.75) is 13.3 Å². The van der Waals surface area contributed by atoms with Crippen LogP contribution in [0.5, 0.6) is 0 Å². The zero-order valence-electron chi connectivity index (χ0n) is 6.87. The molecule has 12 heavy (non-hydrogen) atoms. The van der Waals surface area contributed by atoms with Crippen molar-refractivity contribution in [1.29, 1.82) is 0 Å². The maximum absolute atomic E-state index is 11.2. The Balaban J connectivity index is 2.60. The summed E-state index contributed by atoms with van der Waals surface area (Å²) in [5.74, 6) is -0.0950. The highest BCUT2D eigenvalue weighted by atomic mass is 16.1. The fraction of sp³-hybridized carbons (Fsp3) is 0.200. The van der Waals surface area contributed by atoms with E-state index in [0.717, 1.165) is 23.3 Å². The maximum Gasteiger partial charge on any atom is 0.277 e. The molecule has 0 bridgehead atoms. The normalized spacial score (nSPS) is 14.4. The van der Waals surface area contributed by atoms with E-state index in [-0.39, 0.29) is 5.91 Å². The first-order valence-electron chi connectivity index (χ1n) is 4.04. The van der Waals surface area contributed by atoms with Gasteiger partial charge in [0.05, 0.1) is 11.3 Å². The van der Waals surface area contributed by atoms with Gasteiger partial charge >= 0.3 is 0 Å². The lowest BCUT2D eigenvalue weighted by molar-refractivity contribution is 0.101. The Kier molecular flexibility index (Phi) is 1.54. The first-order chi connectivity index (χ1) is 5.83. The predicted octanol–water partition coefficient (Wildman–Crippen LogP) is 2.04. The first kappa shape index (κ1) is 7.22. The highest BCUT2D eigenvalue weighted by Gasteiger charge is 2.20. The van der Waals surface area contributed by atoms with E-state index >= 15 is 0 Å². The van der Waals surface area contributed by atoms with Crippen LogP contribution >= 0.6 is 0 Å². The number of carbonyl (C=O) groups excluding carboxylic acids is 1. The van der Waals surface area contributed by atoms with Crippen LogP contribution in [0.1, 0.15) is 29.3 Å². The molecule has 1 aromatic carbocycles. The number of benzene rings is 1. The molecule has 0 atom stereocenters. The lowest BCUT2D eigenvalue weighted by Crippen LogP contribution is -1.94. The van der Waals surface area contributed by atoms with Crippen molar-refractivity contribution in [2.75, 3.05) is 0 Å². The van der Waals surface area contributed by atoms with Gasteiger partial charge in [-0.15, -0.1) is 0 Å². The van der Waals surface area contributed by atoms with Gasteiger partial charge in [0.15, 0.2) is 0 Å². The molecular weight excluding hydrogens is 150 g/mol. The molecule has 0 N–H and O–H groups in total. The third-order valence-corrected chi connectivity index (χ3v) is 2.04. The Hall–Kier alpha value is -1.44. The van der Waals surface area contributed by atoms with Gasteiger partial charge in [-0.1, -0.05) is 25.1 Å². The minimum atomic E-state index is -0.0950. The Morgan fingerprint density at radius 2 is 1.92 bits per heavy atom. The van der Waals surface area contributed by atoms with Crippen LogP contribution in [0.3, 0.4) is 0 Å². The van der Waals surface area contributed by atoms with Crippen LogP contribution in [0.15, 0.2) is 29.3 Å². The van der Waals surface area contributed by atoms with Gasteiger partial charge in [0.1, 0.15) is 0 Å². The highest BCUT2D eigenvalue weighted by molar-refractivity contribution is 6.21. The number of nitrogens with zero attached hydrogens (tertiary/aromatic N) is 1. The molecule has 0 saturated carbocycles. The molecule has 2 nitrogen and oxygen atoms in total. The van der Waals surface area contributed by atoms with Gasteiger partial charge in [-0.2, -0.15) is 0 Å². The molecule has 1 aromatic rings. The van der Waals surface area contributed by atoms with Gasteiger partial charge in [0.2, 0.25) is 0 Å². The molecule has 0 spiro atoms. The molecule has 1 aliphatic heterocycles. The first-order valence-corrected chi connectivity index (χ1v) is 4.04. The Morgan fingerprint density at radius 3 is 2.58 bits per heavy atom. The lowest BCUT2D eigenvalue weighted by Gasteiger charge is -1.96. The van der Waals surface area contributed by atoms with Crippen molar-refractivity contribution >= 4 is 11.6 Å². The largest absolute Gasteiger partial charge is 0.277 e. The van der Waals surface area contributed by atoms with Crippen molar-refractivity contribution in [3.63, 3.8) is 0 Å². The molecule has 1 aliphatic rings. The van der Waals surface area contributed by atoms with E-state index < -0.39 is 0 Å². The summed E-state index contributed by atoms with van der Waals surface area (Å²) in [7, 11) is 0. The second-order valence-corrected chi connectivity index (χ2v) is 2.76. The fourth-order valence-electron chi connectivity index (χ4n) is 1.43. The van der Waals surface area contributed by atoms with Crippen molar-refractivity contribution in [2.24, 2.45) is 4.99 Å². The highest BCUT2D eigenvalue weighted by Crippen LogP contribution is 2.19. The molecule has 0 saturated heterocycles. The molecule has 0 fully saturated rings. The summed E-state index contributed by atoms with van der Waals surface area (Å²) in [6.07, 6.45) is 0.822. The minimum Gasteiger partial charge on any atom is -0.267 e. The van der Waals surface area contributed by atoms with Crippen molar-refractivity contribution in [3.8, 4) is 0 Å². The van der Waals surface area contributed by atoms with Gasteiger partial charge in [-0.05, 0) is 12.5 Å². The topological polar surface area (TPSA) is 29.4 Å². The van der Waals surface area contributed by atoms with Crippen molar-refractivity contribution in [1.82, 2.24) is 0 Å². The number of rotatable bonds is 1. The van der Waals surface area contributed by atoms with Crippen molar-refractivity contribution < 1.29 is 4.79 Å². The second kappa shape index (κ2) is 2.55. The predicted molar refractivity (Wildman–Crippen MR) is 47.6 cm³/mol. The molecule has 0 aromatic heterocycles. The van der Waals surface area contributed by atoms with E-state index in [4.69, 9.17) is 0 Å². The van der Waals surface area contributed by atoms with E-state index in [1.807, 2.05) is 31.2 Å². The summed E-state index contributed by atoms with van der Waals surface area (Å²) in [4.78, 5) is 15.2. The van der Waals surface area contributed by atoms with Gasteiger partial charge in [0, 0.05) is 5.56 Å². The average Bonchev–Trinajstić information content (AvgIpc) is 2.44. The van der Waals surface area contributed by atoms with Crippen LogP contribution in [0.4, 0.5) is 0 Å². The molecule has 0 aliphatic carbocycles. The SMILES string of the molecule is CCC1=NC(=O)c2ccccc21. The number of carbonyl (C=O) groups is 1. The minimum absolute atomic E-state index is 0.0950. The summed E-state index contributed by atoms with van der Waals surface area (Å²) in [6.45, 7) is 2.01. The summed E-state index contributed by atoms with van der Waals surface area (Å²) < 4.78 is 0. The molecule has 2 heteroatoms. The standard InChI is InChI=1S/C10H9NO/c1-2-9-7-5-3-4-6-8(7)10(12)11-9/h3-6H,2H2,1H3. The summed E-state index contributed by atoms with van der Waals surface area (Å²) >= 11 is 0. The van der Waals surface area contributed by atoms with E-state index in [1.54, 1.807) is 0 Å². The number of hydrogen-bond donors (Lipinski definition) is 0. The van der Waals surface area contributed by atoms with E-state index in [0.29, 0.717) is 0 Å². The number of hydrogen-bond acceptors (Lipinski definition) is 1. The quantitative estimate of drug-likeness (QED) is 0.616. The van der Waals surface area contributed by atoms with Gasteiger partial charge in [-0.25, -0.2) is 4.99 Å². The summed E-state index contributed by atoms with van der Waals surface area (Å²) in [5.41, 5.74) is 2.66. The average molecular weight is 159 g/mol. The third kappa shape index (κ3) is 0.881. The molecule has 60 valence electrons.